The number of carbonyl (C=O) groups is 1. The Morgan fingerprint density at radius 2 is 1.81 bits per heavy atom. The minimum Gasteiger partial charge on any atom is -0.497 e. The number of aromatic nitrogens is 4. The van der Waals surface area contributed by atoms with Gasteiger partial charge in [0.25, 0.3) is 5.91 Å². The predicted octanol–water partition coefficient (Wildman–Crippen LogP) is 4.44. The highest BCUT2D eigenvalue weighted by Gasteiger charge is 2.31. The normalized spacial score (nSPS) is 15.9. The summed E-state index contributed by atoms with van der Waals surface area (Å²) in [5.74, 6) is 1.26. The van der Waals surface area contributed by atoms with E-state index in [1.54, 1.807) is 24.1 Å². The zero-order valence-electron chi connectivity index (χ0n) is 20.5. The number of amides is 1. The van der Waals surface area contributed by atoms with Crippen LogP contribution in [0, 0.1) is 5.82 Å². The fraction of sp³-hybridized carbons (Fsp3) is 0.214. The maximum atomic E-state index is 14.3. The molecule has 1 amide bonds. The summed E-state index contributed by atoms with van der Waals surface area (Å²) in [4.78, 5) is 22.0. The third kappa shape index (κ3) is 3.92. The first kappa shape index (κ1) is 22.9. The summed E-state index contributed by atoms with van der Waals surface area (Å²) < 4.78 is 21.7. The van der Waals surface area contributed by atoms with Crippen LogP contribution in [0.4, 0.5) is 10.3 Å². The van der Waals surface area contributed by atoms with Gasteiger partial charge in [0.05, 0.1) is 18.2 Å². The average molecular weight is 497 g/mol. The van der Waals surface area contributed by atoms with Crippen LogP contribution in [0.2, 0.25) is 0 Å². The van der Waals surface area contributed by atoms with Crippen LogP contribution in [0.3, 0.4) is 0 Å². The van der Waals surface area contributed by atoms with Gasteiger partial charge in [-0.05, 0) is 43.3 Å². The molecule has 37 heavy (non-hydrogen) atoms. The van der Waals surface area contributed by atoms with Gasteiger partial charge in [-0.25, -0.2) is 13.8 Å². The lowest BCUT2D eigenvalue weighted by atomic mass is 10.1. The highest BCUT2D eigenvalue weighted by Crippen LogP contribution is 2.31. The topological polar surface area (TPSA) is 75.9 Å². The number of rotatable bonds is 4. The van der Waals surface area contributed by atoms with Gasteiger partial charge in [-0.3, -0.25) is 4.79 Å². The zero-order valence-corrected chi connectivity index (χ0v) is 20.5. The summed E-state index contributed by atoms with van der Waals surface area (Å²) in [7, 11) is 1.63. The molecule has 186 valence electrons. The van der Waals surface area contributed by atoms with Gasteiger partial charge in [-0.1, -0.05) is 36.4 Å². The number of anilines is 1. The number of carbonyl (C=O) groups excluding carboxylic acids is 1. The first-order chi connectivity index (χ1) is 18.0. The molecule has 0 bridgehead atoms. The number of fused-ring (bicyclic) bond motifs is 3. The number of hydrogen-bond donors (Lipinski definition) is 0. The first-order valence-corrected chi connectivity index (χ1v) is 12.1. The second-order valence-electron chi connectivity index (χ2n) is 9.12. The summed E-state index contributed by atoms with van der Waals surface area (Å²) in [6.45, 7) is 3.45. The van der Waals surface area contributed by atoms with E-state index in [0.29, 0.717) is 37.1 Å². The lowest BCUT2D eigenvalue weighted by molar-refractivity contribution is 0.0668. The number of halogens is 1. The molecule has 3 aromatic carbocycles. The summed E-state index contributed by atoms with van der Waals surface area (Å²) >= 11 is 0. The van der Waals surface area contributed by atoms with Crippen molar-refractivity contribution in [3.05, 3.63) is 84.2 Å². The van der Waals surface area contributed by atoms with Gasteiger partial charge in [-0.15, -0.1) is 10.2 Å². The number of ether oxygens (including phenoxy) is 1. The third-order valence-electron chi connectivity index (χ3n) is 6.83. The fourth-order valence-corrected chi connectivity index (χ4v) is 4.96. The summed E-state index contributed by atoms with van der Waals surface area (Å²) in [6, 6.07) is 21.5. The van der Waals surface area contributed by atoms with E-state index in [-0.39, 0.29) is 17.5 Å². The Bertz CT molecular complexity index is 1630. The Morgan fingerprint density at radius 3 is 2.62 bits per heavy atom. The maximum absolute atomic E-state index is 14.3. The lowest BCUT2D eigenvalue weighted by Crippen LogP contribution is -2.54. The average Bonchev–Trinajstić information content (AvgIpc) is 3.38. The summed E-state index contributed by atoms with van der Waals surface area (Å²) in [5, 5.41) is 9.99. The molecule has 0 saturated carbocycles. The number of piperazine rings is 1. The Balaban J connectivity index is 1.42. The molecular formula is C28H25FN6O2. The minimum atomic E-state index is -0.507. The van der Waals surface area contributed by atoms with Crippen molar-refractivity contribution in [3.8, 4) is 17.1 Å². The number of para-hydroxylation sites is 1. The van der Waals surface area contributed by atoms with E-state index >= 15 is 0 Å². The van der Waals surface area contributed by atoms with Crippen LogP contribution in [-0.2, 0) is 0 Å². The number of hydrogen-bond acceptors (Lipinski definition) is 6. The van der Waals surface area contributed by atoms with E-state index in [2.05, 4.69) is 15.1 Å². The third-order valence-corrected chi connectivity index (χ3v) is 6.83. The van der Waals surface area contributed by atoms with E-state index in [0.717, 1.165) is 22.2 Å². The molecule has 1 saturated heterocycles. The van der Waals surface area contributed by atoms with Crippen molar-refractivity contribution in [3.63, 3.8) is 0 Å². The molecule has 1 aliphatic rings. The van der Waals surface area contributed by atoms with Crippen LogP contribution < -0.4 is 9.64 Å². The van der Waals surface area contributed by atoms with Crippen LogP contribution >= 0.6 is 0 Å². The van der Waals surface area contributed by atoms with Crippen molar-refractivity contribution in [1.29, 1.82) is 0 Å². The van der Waals surface area contributed by atoms with Gasteiger partial charge in [0.15, 0.2) is 11.5 Å². The Morgan fingerprint density at radius 1 is 1.00 bits per heavy atom. The van der Waals surface area contributed by atoms with Crippen LogP contribution in [0.25, 0.3) is 27.9 Å². The van der Waals surface area contributed by atoms with Crippen LogP contribution in [0.1, 0.15) is 17.3 Å². The fourth-order valence-electron chi connectivity index (χ4n) is 4.96. The molecule has 6 rings (SSSR count). The summed E-state index contributed by atoms with van der Waals surface area (Å²) in [5.41, 5.74) is 2.46. The highest BCUT2D eigenvalue weighted by molar-refractivity contribution is 5.95. The van der Waals surface area contributed by atoms with Gasteiger partial charge >= 0.3 is 0 Å². The van der Waals surface area contributed by atoms with E-state index in [1.165, 1.54) is 12.1 Å². The predicted molar refractivity (Wildman–Crippen MR) is 139 cm³/mol. The molecule has 9 heteroatoms. The molecule has 3 heterocycles. The highest BCUT2D eigenvalue weighted by atomic mass is 19.1. The van der Waals surface area contributed by atoms with Gasteiger partial charge in [0, 0.05) is 36.6 Å². The Hall–Kier alpha value is -4.53. The molecule has 0 N–H and O–H groups in total. The second kappa shape index (κ2) is 9.16. The van der Waals surface area contributed by atoms with Crippen molar-refractivity contribution in [2.45, 2.75) is 13.0 Å². The largest absolute Gasteiger partial charge is 0.497 e. The van der Waals surface area contributed by atoms with Crippen molar-refractivity contribution in [2.75, 3.05) is 31.6 Å². The molecule has 0 spiro atoms. The van der Waals surface area contributed by atoms with Crippen molar-refractivity contribution in [2.24, 2.45) is 0 Å². The van der Waals surface area contributed by atoms with Crippen LogP contribution in [0.15, 0.2) is 72.8 Å². The molecule has 1 fully saturated rings. The standard InChI is InChI=1S/C28H25FN6O2/c1-18-17-33(14-15-34(18)27(36)21-10-3-5-12-23(21)29)28-30-24-13-6-4-11-22(24)26-32-31-25(35(26)28)19-8-7-9-20(16-19)37-2/h3-13,16,18H,14-15,17H2,1-2H3. The van der Waals surface area contributed by atoms with Crippen molar-refractivity contribution in [1.82, 2.24) is 24.5 Å². The number of methoxy groups -OCH3 is 1. The molecule has 8 nitrogen and oxygen atoms in total. The zero-order chi connectivity index (χ0) is 25.5. The molecule has 5 aromatic rings. The molecular weight excluding hydrogens is 471 g/mol. The summed E-state index contributed by atoms with van der Waals surface area (Å²) in [6.07, 6.45) is 0. The quantitative estimate of drug-likeness (QED) is 0.366. The number of benzene rings is 3. The van der Waals surface area contributed by atoms with Crippen molar-refractivity contribution < 1.29 is 13.9 Å². The Labute approximate surface area is 212 Å². The molecule has 1 unspecified atom stereocenters. The molecule has 0 radical (unpaired) electrons. The van der Waals surface area contributed by atoms with E-state index in [1.807, 2.05) is 59.9 Å². The molecule has 1 aliphatic heterocycles. The smallest absolute Gasteiger partial charge is 0.257 e. The molecule has 2 aromatic heterocycles. The maximum Gasteiger partial charge on any atom is 0.257 e. The SMILES string of the molecule is COc1cccc(-c2nnc3c4ccccc4nc(N4CCN(C(=O)c5ccccc5F)C(C)C4)n23)c1. The molecule has 1 atom stereocenters. The lowest BCUT2D eigenvalue weighted by Gasteiger charge is -2.40. The first-order valence-electron chi connectivity index (χ1n) is 12.1. The number of nitrogens with zero attached hydrogens (tertiary/aromatic N) is 6. The van der Waals surface area contributed by atoms with Gasteiger partial charge < -0.3 is 14.5 Å². The van der Waals surface area contributed by atoms with Crippen LogP contribution in [0.5, 0.6) is 5.75 Å². The van der Waals surface area contributed by atoms with E-state index in [4.69, 9.17) is 9.72 Å². The molecule has 0 aliphatic carbocycles. The van der Waals surface area contributed by atoms with Crippen LogP contribution in [-0.4, -0.2) is 63.2 Å². The van der Waals surface area contributed by atoms with E-state index < -0.39 is 5.82 Å². The second-order valence-corrected chi connectivity index (χ2v) is 9.12. The van der Waals surface area contributed by atoms with E-state index in [9.17, 15) is 9.18 Å². The van der Waals surface area contributed by atoms with Crippen molar-refractivity contribution >= 4 is 28.4 Å². The Kier molecular flexibility index (Phi) is 5.67. The van der Waals surface area contributed by atoms with Gasteiger partial charge in [0.2, 0.25) is 5.95 Å². The van der Waals surface area contributed by atoms with Gasteiger partial charge in [-0.2, -0.15) is 0 Å². The van der Waals surface area contributed by atoms with Gasteiger partial charge in [0.1, 0.15) is 11.6 Å². The minimum absolute atomic E-state index is 0.0909. The monoisotopic (exact) mass is 496 g/mol.